The average Bonchev–Trinajstić information content (AvgIpc) is 3.13. The molecular weight excluding hydrogens is 642 g/mol. The van der Waals surface area contributed by atoms with Crippen molar-refractivity contribution in [3.8, 4) is 0 Å². The highest BCUT2D eigenvalue weighted by molar-refractivity contribution is 6.31. The van der Waals surface area contributed by atoms with Crippen LogP contribution in [0.15, 0.2) is 133 Å². The number of alkyl halides is 2. The molecule has 1 heterocycles. The molecule has 6 rings (SSSR count). The highest BCUT2D eigenvalue weighted by Crippen LogP contribution is 2.45. The van der Waals surface area contributed by atoms with Gasteiger partial charge in [0, 0.05) is 5.02 Å². The van der Waals surface area contributed by atoms with E-state index in [1.807, 2.05) is 103 Å². The summed E-state index contributed by atoms with van der Waals surface area (Å²) in [6, 6.07) is 42.3. The molecule has 0 saturated carbocycles. The van der Waals surface area contributed by atoms with Crippen molar-refractivity contribution < 1.29 is 27.7 Å². The third-order valence-corrected chi connectivity index (χ3v) is 9.25. The van der Waals surface area contributed by atoms with E-state index in [0.717, 1.165) is 34.2 Å². The Hall–Kier alpha value is -3.91. The Kier molecular flexibility index (Phi) is 11.9. The van der Waals surface area contributed by atoms with Gasteiger partial charge in [-0.1, -0.05) is 146 Å². The fraction of sp³-hybridized carbons (Fsp3) is 0.286. The van der Waals surface area contributed by atoms with E-state index < -0.39 is 30.3 Å². The standard InChI is InChI=1S/C42H41ClF2O4/c1-2-30-18-20-31(21-19-30)24-36-25-35(22-23-37(36)43)39-40(47-27-33-14-8-4-9-15-33)41(48-28-34-16-10-5-11-17-34)42(44,45)38(49-39)29-46-26-32-12-6-3-7-13-32/h3-23,25,38-41H,2,24,26-29H2,1H3. The molecule has 5 aromatic rings. The Morgan fingerprint density at radius 1 is 0.653 bits per heavy atom. The van der Waals surface area contributed by atoms with Crippen LogP contribution in [0.5, 0.6) is 0 Å². The first-order chi connectivity index (χ1) is 23.9. The summed E-state index contributed by atoms with van der Waals surface area (Å²) in [5.74, 6) is -3.44. The Morgan fingerprint density at radius 2 is 1.20 bits per heavy atom. The number of ether oxygens (including phenoxy) is 4. The van der Waals surface area contributed by atoms with Gasteiger partial charge in [0.15, 0.2) is 6.10 Å². The van der Waals surface area contributed by atoms with Gasteiger partial charge in [-0.2, -0.15) is 0 Å². The second-order valence-electron chi connectivity index (χ2n) is 12.4. The molecule has 0 radical (unpaired) electrons. The highest BCUT2D eigenvalue weighted by atomic mass is 35.5. The van der Waals surface area contributed by atoms with Crippen LogP contribution < -0.4 is 0 Å². The summed E-state index contributed by atoms with van der Waals surface area (Å²) in [6.07, 6.45) is -3.75. The minimum Gasteiger partial charge on any atom is -0.374 e. The van der Waals surface area contributed by atoms with Crippen molar-refractivity contribution in [3.05, 3.63) is 177 Å². The van der Waals surface area contributed by atoms with Crippen molar-refractivity contribution in [3.63, 3.8) is 0 Å². The molecule has 0 aromatic heterocycles. The number of hydrogen-bond acceptors (Lipinski definition) is 4. The summed E-state index contributed by atoms with van der Waals surface area (Å²) >= 11 is 6.73. The van der Waals surface area contributed by atoms with E-state index in [1.54, 1.807) is 6.07 Å². The SMILES string of the molecule is CCc1ccc(Cc2cc(C3OC(COCc4ccccc4)C(F)(F)C(OCc4ccccc4)C3OCc3ccccc3)ccc2Cl)cc1. The van der Waals surface area contributed by atoms with E-state index in [4.69, 9.17) is 30.5 Å². The molecule has 0 amide bonds. The highest BCUT2D eigenvalue weighted by Gasteiger charge is 2.60. The first kappa shape index (κ1) is 34.9. The second-order valence-corrected chi connectivity index (χ2v) is 12.8. The van der Waals surface area contributed by atoms with Gasteiger partial charge in [0.1, 0.15) is 18.3 Å². The summed E-state index contributed by atoms with van der Waals surface area (Å²) in [6.45, 7) is 2.05. The average molecular weight is 683 g/mol. The van der Waals surface area contributed by atoms with Crippen LogP contribution in [0, 0.1) is 0 Å². The number of rotatable bonds is 14. The van der Waals surface area contributed by atoms with E-state index in [2.05, 4.69) is 31.2 Å². The van der Waals surface area contributed by atoms with Crippen LogP contribution in [0.3, 0.4) is 0 Å². The Labute approximate surface area is 292 Å². The van der Waals surface area contributed by atoms with Gasteiger partial charge in [-0.25, -0.2) is 8.78 Å². The van der Waals surface area contributed by atoms with Crippen molar-refractivity contribution >= 4 is 11.6 Å². The first-order valence-corrected chi connectivity index (χ1v) is 17.1. The third-order valence-electron chi connectivity index (χ3n) is 8.88. The zero-order chi connectivity index (χ0) is 34.1. The van der Waals surface area contributed by atoms with Gasteiger partial charge in [0.25, 0.3) is 0 Å². The molecule has 0 spiro atoms. The van der Waals surface area contributed by atoms with Crippen LogP contribution in [-0.4, -0.2) is 30.8 Å². The molecular formula is C42H41ClF2O4. The van der Waals surface area contributed by atoms with Crippen LogP contribution in [-0.2, 0) is 51.6 Å². The van der Waals surface area contributed by atoms with Crippen molar-refractivity contribution in [1.29, 1.82) is 0 Å². The molecule has 1 aliphatic rings. The minimum absolute atomic E-state index is 0.0176. The van der Waals surface area contributed by atoms with E-state index in [0.29, 0.717) is 17.0 Å². The smallest absolute Gasteiger partial charge is 0.304 e. The Morgan fingerprint density at radius 3 is 1.80 bits per heavy atom. The van der Waals surface area contributed by atoms with Crippen LogP contribution in [0.2, 0.25) is 5.02 Å². The van der Waals surface area contributed by atoms with Gasteiger partial charge in [0.05, 0.1) is 26.4 Å². The normalized spacial score (nSPS) is 20.2. The molecule has 4 unspecified atom stereocenters. The summed E-state index contributed by atoms with van der Waals surface area (Å²) < 4.78 is 58.2. The predicted octanol–water partition coefficient (Wildman–Crippen LogP) is 9.96. The van der Waals surface area contributed by atoms with Crippen LogP contribution in [0.25, 0.3) is 0 Å². The maximum Gasteiger partial charge on any atom is 0.304 e. The molecule has 4 atom stereocenters. The minimum atomic E-state index is -3.44. The molecule has 4 nitrogen and oxygen atoms in total. The molecule has 0 aliphatic carbocycles. The fourth-order valence-corrected chi connectivity index (χ4v) is 6.29. The summed E-state index contributed by atoms with van der Waals surface area (Å²) in [5, 5.41) is 0.589. The van der Waals surface area contributed by atoms with E-state index in [9.17, 15) is 0 Å². The van der Waals surface area contributed by atoms with Crippen LogP contribution in [0.4, 0.5) is 8.78 Å². The molecule has 1 saturated heterocycles. The van der Waals surface area contributed by atoms with Gasteiger partial charge in [-0.3, -0.25) is 0 Å². The van der Waals surface area contributed by atoms with Crippen molar-refractivity contribution in [2.75, 3.05) is 6.61 Å². The monoisotopic (exact) mass is 682 g/mol. The van der Waals surface area contributed by atoms with Crippen molar-refractivity contribution in [2.24, 2.45) is 0 Å². The molecule has 5 aromatic carbocycles. The predicted molar refractivity (Wildman–Crippen MR) is 189 cm³/mol. The molecule has 49 heavy (non-hydrogen) atoms. The first-order valence-electron chi connectivity index (χ1n) is 16.7. The zero-order valence-electron chi connectivity index (χ0n) is 27.5. The molecule has 1 aliphatic heterocycles. The van der Waals surface area contributed by atoms with Crippen LogP contribution >= 0.6 is 11.6 Å². The van der Waals surface area contributed by atoms with Gasteiger partial charge < -0.3 is 18.9 Å². The number of hydrogen-bond donors (Lipinski definition) is 0. The topological polar surface area (TPSA) is 36.9 Å². The zero-order valence-corrected chi connectivity index (χ0v) is 28.3. The lowest BCUT2D eigenvalue weighted by Crippen LogP contribution is -2.61. The van der Waals surface area contributed by atoms with E-state index in [-0.39, 0.29) is 26.4 Å². The lowest BCUT2D eigenvalue weighted by atomic mass is 9.88. The maximum absolute atomic E-state index is 16.7. The molecule has 7 heteroatoms. The summed E-state index contributed by atoms with van der Waals surface area (Å²) in [4.78, 5) is 0. The number of halogens is 3. The second kappa shape index (κ2) is 16.7. The number of aryl methyl sites for hydroxylation is 1. The molecule has 1 fully saturated rings. The van der Waals surface area contributed by atoms with E-state index in [1.165, 1.54) is 5.56 Å². The Balaban J connectivity index is 1.34. The van der Waals surface area contributed by atoms with Crippen molar-refractivity contribution in [2.45, 2.75) is 69.9 Å². The van der Waals surface area contributed by atoms with Gasteiger partial charge in [0.2, 0.25) is 0 Å². The summed E-state index contributed by atoms with van der Waals surface area (Å²) in [5.41, 5.74) is 6.41. The van der Waals surface area contributed by atoms with Gasteiger partial charge >= 0.3 is 5.92 Å². The quantitative estimate of drug-likeness (QED) is 0.117. The maximum atomic E-state index is 16.7. The Bertz CT molecular complexity index is 1740. The van der Waals surface area contributed by atoms with Crippen LogP contribution in [0.1, 0.15) is 52.0 Å². The lowest BCUT2D eigenvalue weighted by molar-refractivity contribution is -0.319. The largest absolute Gasteiger partial charge is 0.374 e. The van der Waals surface area contributed by atoms with Gasteiger partial charge in [-0.05, 0) is 57.9 Å². The number of benzene rings is 5. The molecule has 0 bridgehead atoms. The lowest BCUT2D eigenvalue weighted by Gasteiger charge is -2.46. The van der Waals surface area contributed by atoms with E-state index >= 15 is 8.78 Å². The fourth-order valence-electron chi connectivity index (χ4n) is 6.11. The molecule has 0 N–H and O–H groups in total. The summed E-state index contributed by atoms with van der Waals surface area (Å²) in [7, 11) is 0. The third kappa shape index (κ3) is 9.01. The molecule has 254 valence electrons. The van der Waals surface area contributed by atoms with Gasteiger partial charge in [-0.15, -0.1) is 0 Å². The van der Waals surface area contributed by atoms with Crippen molar-refractivity contribution in [1.82, 2.24) is 0 Å².